The molecule has 136 valence electrons. The van der Waals surface area contributed by atoms with Crippen LogP contribution in [0.5, 0.6) is 5.75 Å². The first-order valence-electron chi connectivity index (χ1n) is 7.45. The van der Waals surface area contributed by atoms with E-state index >= 15 is 0 Å². The number of carbonyl (C=O) groups is 2. The molecule has 8 nitrogen and oxygen atoms in total. The quantitative estimate of drug-likeness (QED) is 0.629. The van der Waals surface area contributed by atoms with E-state index in [0.717, 1.165) is 11.0 Å². The Hall–Kier alpha value is -3.49. The highest BCUT2D eigenvalue weighted by Crippen LogP contribution is 2.25. The van der Waals surface area contributed by atoms with Gasteiger partial charge in [-0.3, -0.25) is 19.7 Å². The van der Waals surface area contributed by atoms with E-state index in [-0.39, 0.29) is 23.5 Å². The lowest BCUT2D eigenvalue weighted by Crippen LogP contribution is -2.35. The minimum absolute atomic E-state index is 0.0289. The molecule has 0 atom stereocenters. The Morgan fingerprint density at radius 1 is 1.23 bits per heavy atom. The molecule has 0 heterocycles. The van der Waals surface area contributed by atoms with Crippen molar-refractivity contribution in [2.75, 3.05) is 26.0 Å². The van der Waals surface area contributed by atoms with E-state index in [1.807, 2.05) is 0 Å². The van der Waals surface area contributed by atoms with Crippen LogP contribution >= 0.6 is 0 Å². The molecule has 0 aromatic heterocycles. The second-order valence-corrected chi connectivity index (χ2v) is 5.36. The number of carbonyl (C=O) groups excluding carboxylic acids is 2. The average molecular weight is 361 g/mol. The minimum atomic E-state index is -0.628. The molecule has 0 bridgehead atoms. The Labute approximate surface area is 148 Å². The van der Waals surface area contributed by atoms with Crippen molar-refractivity contribution >= 4 is 23.2 Å². The van der Waals surface area contributed by atoms with Crippen LogP contribution in [0.1, 0.15) is 10.4 Å². The Morgan fingerprint density at radius 3 is 2.46 bits per heavy atom. The summed E-state index contributed by atoms with van der Waals surface area (Å²) in [6, 6.07) is 8.79. The van der Waals surface area contributed by atoms with Gasteiger partial charge >= 0.3 is 0 Å². The highest BCUT2D eigenvalue weighted by Gasteiger charge is 2.22. The number of hydrogen-bond acceptors (Lipinski definition) is 5. The first-order chi connectivity index (χ1) is 12.3. The Bertz CT molecular complexity index is 839. The van der Waals surface area contributed by atoms with Crippen LogP contribution in [0.15, 0.2) is 42.5 Å². The summed E-state index contributed by atoms with van der Waals surface area (Å²) < 4.78 is 17.9. The van der Waals surface area contributed by atoms with Gasteiger partial charge in [0.05, 0.1) is 24.1 Å². The van der Waals surface area contributed by atoms with Gasteiger partial charge in [0.25, 0.3) is 11.6 Å². The van der Waals surface area contributed by atoms with Crippen LogP contribution in [-0.4, -0.2) is 42.3 Å². The number of halogens is 1. The number of rotatable bonds is 6. The van der Waals surface area contributed by atoms with Crippen LogP contribution in [-0.2, 0) is 4.79 Å². The van der Waals surface area contributed by atoms with Crippen LogP contribution in [0.2, 0.25) is 0 Å². The fraction of sp³-hybridized carbons (Fsp3) is 0.176. The Balaban J connectivity index is 2.11. The van der Waals surface area contributed by atoms with Crippen LogP contribution in [0.25, 0.3) is 0 Å². The monoisotopic (exact) mass is 361 g/mol. The zero-order valence-corrected chi connectivity index (χ0v) is 14.1. The number of hydrogen-bond donors (Lipinski definition) is 1. The third-order valence-corrected chi connectivity index (χ3v) is 3.48. The van der Waals surface area contributed by atoms with E-state index in [1.54, 1.807) is 0 Å². The number of nitrogens with zero attached hydrogens (tertiary/aromatic N) is 2. The molecule has 0 radical (unpaired) electrons. The number of nitro groups is 1. The molecule has 0 aliphatic rings. The van der Waals surface area contributed by atoms with E-state index in [0.29, 0.717) is 5.69 Å². The topological polar surface area (TPSA) is 102 Å². The van der Waals surface area contributed by atoms with Gasteiger partial charge in [0.2, 0.25) is 5.91 Å². The maximum atomic E-state index is 12.9. The molecule has 0 aliphatic heterocycles. The second-order valence-electron chi connectivity index (χ2n) is 5.36. The number of non-ortho nitro benzene ring substituents is 1. The van der Waals surface area contributed by atoms with Gasteiger partial charge in [-0.05, 0) is 30.3 Å². The first kappa shape index (κ1) is 18.8. The van der Waals surface area contributed by atoms with Crippen molar-refractivity contribution < 1.29 is 23.6 Å². The molecule has 0 fully saturated rings. The molecule has 9 heteroatoms. The molecule has 2 amide bonds. The van der Waals surface area contributed by atoms with Crippen molar-refractivity contribution in [2.24, 2.45) is 0 Å². The van der Waals surface area contributed by atoms with Crippen molar-refractivity contribution in [3.8, 4) is 5.75 Å². The number of methoxy groups -OCH3 is 1. The smallest absolute Gasteiger partial charge is 0.270 e. The third kappa shape index (κ3) is 4.53. The average Bonchev–Trinajstić information content (AvgIpc) is 2.62. The zero-order valence-electron chi connectivity index (χ0n) is 14.1. The summed E-state index contributed by atoms with van der Waals surface area (Å²) in [4.78, 5) is 35.9. The number of nitrogens with one attached hydrogen (secondary N) is 1. The Morgan fingerprint density at radius 2 is 1.88 bits per heavy atom. The summed E-state index contributed by atoms with van der Waals surface area (Å²) in [5.41, 5.74) is 0.0854. The highest BCUT2D eigenvalue weighted by molar-refractivity contribution is 6.01. The molecule has 0 unspecified atom stereocenters. The molecule has 0 aliphatic carbocycles. The summed E-state index contributed by atoms with van der Waals surface area (Å²) in [5, 5.41) is 13.4. The van der Waals surface area contributed by atoms with E-state index < -0.39 is 22.6 Å². The third-order valence-electron chi connectivity index (χ3n) is 3.48. The molecule has 1 N–H and O–H groups in total. The maximum Gasteiger partial charge on any atom is 0.270 e. The van der Waals surface area contributed by atoms with E-state index in [1.165, 1.54) is 50.6 Å². The number of nitro benzene ring substituents is 1. The summed E-state index contributed by atoms with van der Waals surface area (Å²) in [6.07, 6.45) is 0. The highest BCUT2D eigenvalue weighted by atomic mass is 19.1. The van der Waals surface area contributed by atoms with Crippen LogP contribution in [0.4, 0.5) is 15.8 Å². The lowest BCUT2D eigenvalue weighted by atomic mass is 10.1. The largest absolute Gasteiger partial charge is 0.496 e. The number of amides is 2. The van der Waals surface area contributed by atoms with Crippen molar-refractivity contribution in [3.05, 3.63) is 64.0 Å². The fourth-order valence-corrected chi connectivity index (χ4v) is 2.20. The lowest BCUT2D eigenvalue weighted by molar-refractivity contribution is -0.384. The van der Waals surface area contributed by atoms with Crippen molar-refractivity contribution in [1.29, 1.82) is 0 Å². The molecular weight excluding hydrogens is 345 g/mol. The van der Waals surface area contributed by atoms with Gasteiger partial charge in [0.1, 0.15) is 11.6 Å². The van der Waals surface area contributed by atoms with Crippen LogP contribution in [0, 0.1) is 15.9 Å². The van der Waals surface area contributed by atoms with Gasteiger partial charge in [-0.2, -0.15) is 0 Å². The van der Waals surface area contributed by atoms with Crippen molar-refractivity contribution in [1.82, 2.24) is 4.90 Å². The van der Waals surface area contributed by atoms with Crippen LogP contribution < -0.4 is 10.1 Å². The van der Waals surface area contributed by atoms with Gasteiger partial charge in [-0.1, -0.05) is 0 Å². The molecule has 26 heavy (non-hydrogen) atoms. The Kier molecular flexibility index (Phi) is 5.84. The molecular formula is C17H16FN3O5. The summed E-state index contributed by atoms with van der Waals surface area (Å²) in [5.74, 6) is -1.39. The number of likely N-dealkylation sites (N-methyl/N-ethyl adjacent to an activating group) is 1. The molecule has 2 aromatic rings. The summed E-state index contributed by atoms with van der Waals surface area (Å²) >= 11 is 0. The van der Waals surface area contributed by atoms with Gasteiger partial charge in [-0.25, -0.2) is 4.39 Å². The first-order valence-corrected chi connectivity index (χ1v) is 7.45. The maximum absolute atomic E-state index is 12.9. The predicted octanol–water partition coefficient (Wildman–Crippen LogP) is 2.45. The second kappa shape index (κ2) is 8.06. The standard InChI is InChI=1S/C17H16FN3O5/c1-20(10-16(22)19-12-5-3-11(18)4-6-12)17(23)14-9-13(21(24)25)7-8-15(14)26-2/h3-9H,10H2,1-2H3,(H,19,22). The molecule has 2 rings (SSSR count). The minimum Gasteiger partial charge on any atom is -0.496 e. The normalized spacial score (nSPS) is 10.1. The van der Waals surface area contributed by atoms with Gasteiger partial charge in [0, 0.05) is 24.9 Å². The van der Waals surface area contributed by atoms with Crippen LogP contribution in [0.3, 0.4) is 0 Å². The van der Waals surface area contributed by atoms with Gasteiger partial charge in [0.15, 0.2) is 0 Å². The fourth-order valence-electron chi connectivity index (χ4n) is 2.20. The molecule has 0 saturated carbocycles. The van der Waals surface area contributed by atoms with E-state index in [9.17, 15) is 24.1 Å². The number of ether oxygens (including phenoxy) is 1. The summed E-state index contributed by atoms with van der Waals surface area (Å²) in [7, 11) is 2.71. The van der Waals surface area contributed by atoms with Crippen molar-refractivity contribution in [2.45, 2.75) is 0 Å². The van der Waals surface area contributed by atoms with Gasteiger partial charge in [-0.15, -0.1) is 0 Å². The molecule has 0 saturated heterocycles. The number of benzene rings is 2. The van der Waals surface area contributed by atoms with E-state index in [2.05, 4.69) is 5.32 Å². The zero-order chi connectivity index (χ0) is 19.3. The van der Waals surface area contributed by atoms with Gasteiger partial charge < -0.3 is 15.0 Å². The SMILES string of the molecule is COc1ccc([N+](=O)[O-])cc1C(=O)N(C)CC(=O)Nc1ccc(F)cc1. The number of anilines is 1. The van der Waals surface area contributed by atoms with E-state index in [4.69, 9.17) is 4.74 Å². The summed E-state index contributed by atoms with van der Waals surface area (Å²) in [6.45, 7) is -0.304. The lowest BCUT2D eigenvalue weighted by Gasteiger charge is -2.18. The molecule has 2 aromatic carbocycles. The predicted molar refractivity (Wildman–Crippen MR) is 91.6 cm³/mol. The van der Waals surface area contributed by atoms with Crippen molar-refractivity contribution in [3.63, 3.8) is 0 Å². The molecule has 0 spiro atoms.